The van der Waals surface area contributed by atoms with Crippen molar-refractivity contribution in [2.75, 3.05) is 17.6 Å². The fourth-order valence-corrected chi connectivity index (χ4v) is 3.27. The van der Waals surface area contributed by atoms with Crippen LogP contribution in [0.15, 0.2) is 48.5 Å². The number of aromatic hydroxyl groups is 2. The molecule has 0 bridgehead atoms. The Bertz CT molecular complexity index is 1200. The normalized spacial score (nSPS) is 8.63. The van der Waals surface area contributed by atoms with E-state index in [2.05, 4.69) is 34.4 Å². The minimum absolute atomic E-state index is 0. The van der Waals surface area contributed by atoms with Gasteiger partial charge < -0.3 is 31.3 Å². The van der Waals surface area contributed by atoms with E-state index in [1.165, 1.54) is 41.5 Å². The van der Waals surface area contributed by atoms with Crippen molar-refractivity contribution in [2.24, 2.45) is 0 Å². The Balaban J connectivity index is -0.0000000958. The van der Waals surface area contributed by atoms with Crippen molar-refractivity contribution in [3.8, 4) is 23.0 Å². The Hall–Kier alpha value is -0.127. The second-order valence-electron chi connectivity index (χ2n) is 8.47. The van der Waals surface area contributed by atoms with Crippen molar-refractivity contribution in [1.82, 2.24) is 0 Å². The van der Waals surface area contributed by atoms with Crippen LogP contribution < -0.4 is 118 Å². The number of phenols is 2. The molecule has 0 atom stereocenters. The molecule has 0 aliphatic heterocycles. The van der Waals surface area contributed by atoms with Crippen LogP contribution >= 0.6 is 22.6 Å². The van der Waals surface area contributed by atoms with Gasteiger partial charge >= 0.3 is 103 Å². The van der Waals surface area contributed by atoms with Crippen molar-refractivity contribution in [1.29, 1.82) is 0 Å². The largest absolute Gasteiger partial charge is 1.00 e. The van der Waals surface area contributed by atoms with E-state index in [1.54, 1.807) is 0 Å². The number of phenolic OH excluding ortho intramolecular Hbond substituents is 2. The Morgan fingerprint density at radius 1 is 0.673 bits per heavy atom. The number of hydrogen-bond donors (Lipinski definition) is 2. The Kier molecular flexibility index (Phi) is 50.5. The second-order valence-corrected chi connectivity index (χ2v) is 9.55. The van der Waals surface area contributed by atoms with Crippen molar-refractivity contribution in [3.05, 3.63) is 83.4 Å². The molecule has 0 aliphatic rings. The molecule has 49 heavy (non-hydrogen) atoms. The van der Waals surface area contributed by atoms with Gasteiger partial charge in [0.2, 0.25) is 17.5 Å². The molecule has 7 nitrogen and oxygen atoms in total. The first-order chi connectivity index (χ1) is 21.5. The van der Waals surface area contributed by atoms with Crippen LogP contribution in [0.25, 0.3) is 0 Å². The summed E-state index contributed by atoms with van der Waals surface area (Å²) in [5, 5.41) is 25.7. The summed E-state index contributed by atoms with van der Waals surface area (Å²) in [5.41, 5.74) is 0. The van der Waals surface area contributed by atoms with Gasteiger partial charge in [-0.15, -0.1) is 0 Å². The summed E-state index contributed by atoms with van der Waals surface area (Å²) in [6.45, 7) is 6.77. The molecule has 0 amide bonds. The number of hydrogen-bond acceptors (Lipinski definition) is 7. The first kappa shape index (κ1) is 60.9. The maximum Gasteiger partial charge on any atom is 1.00 e. The predicted molar refractivity (Wildman–Crippen MR) is 179 cm³/mol. The summed E-state index contributed by atoms with van der Waals surface area (Å²) in [5.74, 6) is -7.93. The SMILES string of the molecule is C.C.CCCCI.CCCCOc1ccc(O)c(F)c1F.CCCCOc1cccc(F)c1F.O=CO[O-].Oc1cccc(F)c1F.[H-].[K+].[K+]. The number of alkyl halides is 1. The molecule has 0 aromatic heterocycles. The summed E-state index contributed by atoms with van der Waals surface area (Å²) in [4.78, 5) is 11.2. The van der Waals surface area contributed by atoms with Crippen molar-refractivity contribution in [3.63, 3.8) is 0 Å². The molecule has 2 N–H and O–H groups in total. The van der Waals surface area contributed by atoms with Crippen LogP contribution in [0.3, 0.4) is 0 Å². The van der Waals surface area contributed by atoms with Crippen LogP contribution in [0.2, 0.25) is 0 Å². The molecule has 16 heteroatoms. The van der Waals surface area contributed by atoms with Gasteiger partial charge in [-0.3, -0.25) is 4.79 Å². The van der Waals surface area contributed by atoms with Crippen LogP contribution in [-0.4, -0.2) is 34.3 Å². The maximum atomic E-state index is 13.0. The maximum absolute atomic E-state index is 13.0. The number of carbonyl (C=O) groups excluding carboxylic acids is 1. The average Bonchev–Trinajstić information content (AvgIpc) is 3.03. The van der Waals surface area contributed by atoms with Crippen LogP contribution in [0.4, 0.5) is 26.3 Å². The van der Waals surface area contributed by atoms with Gasteiger partial charge in [-0.2, -0.15) is 17.6 Å². The van der Waals surface area contributed by atoms with Crippen molar-refractivity contribution < 1.29 is 165 Å². The predicted octanol–water partition coefficient (Wildman–Crippen LogP) is 3.71. The first-order valence-electron chi connectivity index (χ1n) is 13.7. The summed E-state index contributed by atoms with van der Waals surface area (Å²) >= 11 is 2.39. The summed E-state index contributed by atoms with van der Waals surface area (Å²) in [6, 6.07) is 9.46. The van der Waals surface area contributed by atoms with E-state index >= 15 is 0 Å². The van der Waals surface area contributed by atoms with E-state index in [1.807, 2.05) is 13.8 Å². The summed E-state index contributed by atoms with van der Waals surface area (Å²) in [6.07, 6.45) is 6.22. The second kappa shape index (κ2) is 40.6. The molecule has 3 rings (SSSR count). The van der Waals surface area contributed by atoms with Gasteiger partial charge in [0.1, 0.15) is 0 Å². The van der Waals surface area contributed by atoms with Gasteiger partial charge in [-0.05, 0) is 60.1 Å². The molecule has 0 unspecified atom stereocenters. The summed E-state index contributed by atoms with van der Waals surface area (Å²) < 4.78 is 86.9. The topological polar surface area (TPSA) is 108 Å². The van der Waals surface area contributed by atoms with E-state index in [9.17, 15) is 26.3 Å². The van der Waals surface area contributed by atoms with Crippen molar-refractivity contribution in [2.45, 2.75) is 74.1 Å². The fourth-order valence-electron chi connectivity index (χ4n) is 2.51. The van der Waals surface area contributed by atoms with Crippen LogP contribution in [0.1, 0.15) is 75.6 Å². The molecule has 0 saturated heterocycles. The monoisotopic (exact) mass is 874 g/mol. The third kappa shape index (κ3) is 30.1. The zero-order valence-electron chi connectivity index (χ0n) is 28.1. The zero-order chi connectivity index (χ0) is 34.6. The minimum atomic E-state index is -1.26. The van der Waals surface area contributed by atoms with Gasteiger partial charge in [0.15, 0.2) is 40.4 Å². The van der Waals surface area contributed by atoms with Crippen LogP contribution in [-0.2, 0) is 9.68 Å². The van der Waals surface area contributed by atoms with Crippen LogP contribution in [0, 0.1) is 34.9 Å². The molecule has 0 fully saturated rings. The van der Waals surface area contributed by atoms with E-state index in [0.29, 0.717) is 13.2 Å². The minimum Gasteiger partial charge on any atom is -1.00 e. The smallest absolute Gasteiger partial charge is 1.00 e. The summed E-state index contributed by atoms with van der Waals surface area (Å²) in [7, 11) is 0. The third-order valence-electron chi connectivity index (χ3n) is 4.91. The molecule has 0 heterocycles. The molecular weight excluding hydrogens is 827 g/mol. The average molecular weight is 875 g/mol. The first-order valence-corrected chi connectivity index (χ1v) is 15.3. The van der Waals surface area contributed by atoms with Gasteiger partial charge in [-0.25, -0.2) is 8.78 Å². The Labute approximate surface area is 386 Å². The molecule has 3 aromatic carbocycles. The number of carbonyl (C=O) groups is 1. The van der Waals surface area contributed by atoms with Gasteiger partial charge in [-0.1, -0.05) is 89.6 Å². The van der Waals surface area contributed by atoms with E-state index in [4.69, 9.17) is 29.7 Å². The van der Waals surface area contributed by atoms with Crippen LogP contribution in [0.5, 0.6) is 23.0 Å². The third-order valence-corrected chi connectivity index (χ3v) is 5.67. The van der Waals surface area contributed by atoms with E-state index < -0.39 is 46.4 Å². The fraction of sp³-hybridized carbons (Fsp3) is 0.424. The number of ether oxygens (including phenoxy) is 2. The molecule has 0 radical (unpaired) electrons. The Morgan fingerprint density at radius 3 is 1.45 bits per heavy atom. The standard InChI is InChI=1S/C10H12F2O2.C10H12F2O.C6H4F2O.C4H9I.CH2O3.2CH4.2K.H/c1-2-3-6-14-8-5-4-7(13)9(11)10(8)12;1-2-3-7-13-9-6-4-5-8(11)10(9)12;7-4-2-1-3-5(9)6(4)8;1-2-3-4-5;2-1-4-3;;;;;/h4-5,13H,2-3,6H2,1H3;4-6H,2-3,7H2,1H3;1-3,9H;2-4H2,1H3;1,3H;2*1H4;;;/q;;;;;;;2*+1;-1/p-1. The molecule has 0 aliphatic carbocycles. The van der Waals surface area contributed by atoms with Crippen molar-refractivity contribution >= 4 is 29.1 Å². The van der Waals surface area contributed by atoms with E-state index in [0.717, 1.165) is 49.9 Å². The number of halogens is 7. The number of benzene rings is 3. The van der Waals surface area contributed by atoms with Gasteiger partial charge in [0, 0.05) is 0 Å². The molecule has 0 saturated carbocycles. The Morgan fingerprint density at radius 2 is 1.08 bits per heavy atom. The molecule has 3 aromatic rings. The number of rotatable bonds is 11. The molecule has 272 valence electrons. The van der Waals surface area contributed by atoms with E-state index in [-0.39, 0.29) is 137 Å². The van der Waals surface area contributed by atoms with Gasteiger partial charge in [0.25, 0.3) is 6.47 Å². The quantitative estimate of drug-likeness (QED) is 0.0443. The van der Waals surface area contributed by atoms with Gasteiger partial charge in [0.05, 0.1) is 13.2 Å². The zero-order valence-corrected chi connectivity index (χ0v) is 35.5. The number of unbranched alkanes of at least 4 members (excludes halogenated alkanes) is 3. The molecule has 0 spiro atoms. The molecular formula is C33H47F6IK2O7.